The van der Waals surface area contributed by atoms with E-state index in [9.17, 15) is 4.79 Å². The summed E-state index contributed by atoms with van der Waals surface area (Å²) >= 11 is 0. The van der Waals surface area contributed by atoms with E-state index in [-0.39, 0.29) is 24.4 Å². The Morgan fingerprint density at radius 3 is 2.53 bits per heavy atom. The molecule has 2 N–H and O–H groups in total. The zero-order chi connectivity index (χ0) is 13.1. The minimum atomic E-state index is 0. The van der Waals surface area contributed by atoms with Crippen molar-refractivity contribution >= 4 is 18.3 Å². The first-order valence-electron chi connectivity index (χ1n) is 7.65. The second-order valence-electron chi connectivity index (χ2n) is 6.46. The molecule has 1 saturated carbocycles. The van der Waals surface area contributed by atoms with Crippen molar-refractivity contribution in [1.82, 2.24) is 4.90 Å². The van der Waals surface area contributed by atoms with Crippen LogP contribution in [0.1, 0.15) is 58.8 Å². The van der Waals surface area contributed by atoms with Crippen LogP contribution in [0.15, 0.2) is 0 Å². The first kappa shape index (κ1) is 16.8. The van der Waals surface area contributed by atoms with Crippen LogP contribution >= 0.6 is 12.4 Å². The van der Waals surface area contributed by atoms with Crippen molar-refractivity contribution in [3.8, 4) is 0 Å². The molecule has 0 aromatic carbocycles. The monoisotopic (exact) mass is 288 g/mol. The lowest BCUT2D eigenvalue weighted by atomic mass is 9.83. The molecular formula is C15H29ClN2O. The SMILES string of the molecule is CC(C)C1CCCCN1C(=O)C1CCCC(N)C1.Cl. The van der Waals surface area contributed by atoms with Gasteiger partial charge in [0.1, 0.15) is 0 Å². The summed E-state index contributed by atoms with van der Waals surface area (Å²) < 4.78 is 0. The fraction of sp³-hybridized carbons (Fsp3) is 0.933. The van der Waals surface area contributed by atoms with E-state index >= 15 is 0 Å². The van der Waals surface area contributed by atoms with Gasteiger partial charge < -0.3 is 10.6 Å². The van der Waals surface area contributed by atoms with Gasteiger partial charge in [-0.25, -0.2) is 0 Å². The fourth-order valence-corrected chi connectivity index (χ4v) is 3.61. The van der Waals surface area contributed by atoms with Crippen molar-refractivity contribution in [2.75, 3.05) is 6.54 Å². The molecule has 1 saturated heterocycles. The standard InChI is InChI=1S/C15H28N2O.ClH/c1-11(2)14-8-3-4-9-17(14)15(18)12-6-5-7-13(16)10-12;/h11-14H,3-10,16H2,1-2H3;1H. The maximum absolute atomic E-state index is 12.7. The predicted octanol–water partition coefficient (Wildman–Crippen LogP) is 2.96. The molecule has 0 aromatic rings. The van der Waals surface area contributed by atoms with E-state index < -0.39 is 0 Å². The zero-order valence-corrected chi connectivity index (χ0v) is 13.1. The third kappa shape index (κ3) is 4.09. The molecule has 2 aliphatic rings. The number of hydrogen-bond donors (Lipinski definition) is 1. The first-order valence-corrected chi connectivity index (χ1v) is 7.65. The van der Waals surface area contributed by atoms with Gasteiger partial charge in [-0.1, -0.05) is 20.3 Å². The van der Waals surface area contributed by atoms with Gasteiger partial charge in [-0.15, -0.1) is 12.4 Å². The number of carbonyl (C=O) groups excluding carboxylic acids is 1. The summed E-state index contributed by atoms with van der Waals surface area (Å²) in [6, 6.07) is 0.708. The third-order valence-corrected chi connectivity index (χ3v) is 4.67. The number of nitrogens with zero attached hydrogens (tertiary/aromatic N) is 1. The molecule has 1 heterocycles. The van der Waals surface area contributed by atoms with Crippen LogP contribution in [0.5, 0.6) is 0 Å². The Balaban J connectivity index is 0.00000180. The molecule has 19 heavy (non-hydrogen) atoms. The second kappa shape index (κ2) is 7.49. The van der Waals surface area contributed by atoms with Crippen LogP contribution in [0.4, 0.5) is 0 Å². The molecule has 4 heteroatoms. The summed E-state index contributed by atoms with van der Waals surface area (Å²) in [5.74, 6) is 1.17. The van der Waals surface area contributed by atoms with Gasteiger partial charge in [0.2, 0.25) is 5.91 Å². The van der Waals surface area contributed by atoms with Crippen molar-refractivity contribution in [2.24, 2.45) is 17.6 Å². The Kier molecular flexibility index (Phi) is 6.61. The van der Waals surface area contributed by atoms with Gasteiger partial charge in [0.05, 0.1) is 0 Å². The molecule has 0 bridgehead atoms. The topological polar surface area (TPSA) is 46.3 Å². The number of amides is 1. The minimum absolute atomic E-state index is 0. The zero-order valence-electron chi connectivity index (χ0n) is 12.3. The molecule has 2 rings (SSSR count). The van der Waals surface area contributed by atoms with E-state index in [2.05, 4.69) is 18.7 Å². The Bertz CT molecular complexity index is 296. The quantitative estimate of drug-likeness (QED) is 0.849. The molecular weight excluding hydrogens is 260 g/mol. The van der Waals surface area contributed by atoms with Crippen molar-refractivity contribution in [1.29, 1.82) is 0 Å². The van der Waals surface area contributed by atoms with Crippen LogP contribution in [-0.2, 0) is 4.79 Å². The second-order valence-corrected chi connectivity index (χ2v) is 6.46. The lowest BCUT2D eigenvalue weighted by Crippen LogP contribution is -2.50. The molecule has 0 spiro atoms. The Morgan fingerprint density at radius 2 is 1.89 bits per heavy atom. The summed E-state index contributed by atoms with van der Waals surface area (Å²) in [6.45, 7) is 5.44. The van der Waals surface area contributed by atoms with Gasteiger partial charge in [0.15, 0.2) is 0 Å². The fourth-order valence-electron chi connectivity index (χ4n) is 3.61. The van der Waals surface area contributed by atoms with Crippen LogP contribution in [0, 0.1) is 11.8 Å². The molecule has 112 valence electrons. The van der Waals surface area contributed by atoms with Crippen molar-refractivity contribution < 1.29 is 4.79 Å². The summed E-state index contributed by atoms with van der Waals surface area (Å²) in [5, 5.41) is 0. The van der Waals surface area contributed by atoms with Crippen LogP contribution in [-0.4, -0.2) is 29.4 Å². The molecule has 3 nitrogen and oxygen atoms in total. The van der Waals surface area contributed by atoms with Crippen LogP contribution in [0.3, 0.4) is 0 Å². The summed E-state index contributed by atoms with van der Waals surface area (Å²) in [6.07, 6.45) is 7.80. The highest BCUT2D eigenvalue weighted by molar-refractivity contribution is 5.85. The van der Waals surface area contributed by atoms with Crippen LogP contribution < -0.4 is 5.73 Å². The van der Waals surface area contributed by atoms with Crippen molar-refractivity contribution in [2.45, 2.75) is 70.9 Å². The van der Waals surface area contributed by atoms with Gasteiger partial charge in [-0.05, 0) is 44.4 Å². The van der Waals surface area contributed by atoms with Gasteiger partial charge >= 0.3 is 0 Å². The molecule has 2 fully saturated rings. The predicted molar refractivity (Wildman–Crippen MR) is 81.4 cm³/mol. The third-order valence-electron chi connectivity index (χ3n) is 4.67. The normalized spacial score (nSPS) is 32.0. The minimum Gasteiger partial charge on any atom is -0.339 e. The van der Waals surface area contributed by atoms with E-state index in [1.807, 2.05) is 0 Å². The average Bonchev–Trinajstić information content (AvgIpc) is 2.38. The number of likely N-dealkylation sites (tertiary alicyclic amines) is 1. The van der Waals surface area contributed by atoms with E-state index in [0.717, 1.165) is 32.2 Å². The number of hydrogen-bond acceptors (Lipinski definition) is 2. The number of nitrogens with two attached hydrogens (primary N) is 1. The Labute approximate surface area is 123 Å². The maximum Gasteiger partial charge on any atom is 0.225 e. The van der Waals surface area contributed by atoms with Gasteiger partial charge in [0.25, 0.3) is 0 Å². The molecule has 0 aromatic heterocycles. The lowest BCUT2D eigenvalue weighted by molar-refractivity contribution is -0.141. The van der Waals surface area contributed by atoms with Crippen LogP contribution in [0.25, 0.3) is 0 Å². The van der Waals surface area contributed by atoms with Crippen molar-refractivity contribution in [3.63, 3.8) is 0 Å². The van der Waals surface area contributed by atoms with Crippen molar-refractivity contribution in [3.05, 3.63) is 0 Å². The van der Waals surface area contributed by atoms with Gasteiger partial charge in [-0.3, -0.25) is 4.79 Å². The number of rotatable bonds is 2. The maximum atomic E-state index is 12.7. The molecule has 1 amide bonds. The molecule has 3 unspecified atom stereocenters. The summed E-state index contributed by atoms with van der Waals surface area (Å²) in [7, 11) is 0. The molecule has 1 aliphatic carbocycles. The number of halogens is 1. The van der Waals surface area contributed by atoms with Gasteiger partial charge in [-0.2, -0.15) is 0 Å². The van der Waals surface area contributed by atoms with Crippen LogP contribution in [0.2, 0.25) is 0 Å². The number of carbonyl (C=O) groups is 1. The highest BCUT2D eigenvalue weighted by Gasteiger charge is 2.34. The lowest BCUT2D eigenvalue weighted by Gasteiger charge is -2.41. The summed E-state index contributed by atoms with van der Waals surface area (Å²) in [4.78, 5) is 14.9. The molecule has 1 aliphatic heterocycles. The molecule has 3 atom stereocenters. The van der Waals surface area contributed by atoms with E-state index in [0.29, 0.717) is 17.9 Å². The van der Waals surface area contributed by atoms with Gasteiger partial charge in [0, 0.05) is 24.5 Å². The molecule has 0 radical (unpaired) electrons. The largest absolute Gasteiger partial charge is 0.339 e. The number of piperidine rings is 1. The average molecular weight is 289 g/mol. The van der Waals surface area contributed by atoms with E-state index in [1.54, 1.807) is 0 Å². The highest BCUT2D eigenvalue weighted by Crippen LogP contribution is 2.30. The summed E-state index contributed by atoms with van der Waals surface area (Å²) in [5.41, 5.74) is 6.02. The smallest absolute Gasteiger partial charge is 0.225 e. The highest BCUT2D eigenvalue weighted by atomic mass is 35.5. The van der Waals surface area contributed by atoms with E-state index in [4.69, 9.17) is 5.73 Å². The van der Waals surface area contributed by atoms with E-state index in [1.165, 1.54) is 19.3 Å². The Morgan fingerprint density at radius 1 is 1.16 bits per heavy atom. The first-order chi connectivity index (χ1) is 8.59. The Hall–Kier alpha value is -0.280.